The predicted octanol–water partition coefficient (Wildman–Crippen LogP) is -3.44. The fourth-order valence-corrected chi connectivity index (χ4v) is 4.37. The number of aliphatic carboxylic acids is 1. The molecular formula is C27H42N12O6. The van der Waals surface area contributed by atoms with Crippen molar-refractivity contribution >= 4 is 52.4 Å². The van der Waals surface area contributed by atoms with E-state index in [2.05, 4.69) is 30.9 Å². The van der Waals surface area contributed by atoms with Crippen molar-refractivity contribution in [3.05, 3.63) is 36.0 Å². The number of carbonyl (C=O) groups excluding carboxylic acids is 4. The van der Waals surface area contributed by atoms with Crippen molar-refractivity contribution in [3.63, 3.8) is 0 Å². The van der Waals surface area contributed by atoms with Crippen molar-refractivity contribution in [2.75, 3.05) is 13.1 Å². The topological polar surface area (TPSA) is 338 Å². The van der Waals surface area contributed by atoms with Crippen LogP contribution in [-0.2, 0) is 30.4 Å². The summed E-state index contributed by atoms with van der Waals surface area (Å²) >= 11 is 0. The van der Waals surface area contributed by atoms with E-state index in [1.54, 1.807) is 12.3 Å². The average Bonchev–Trinajstić information content (AvgIpc) is 3.37. The molecule has 1 aromatic heterocycles. The Morgan fingerprint density at radius 2 is 1.33 bits per heavy atom. The lowest BCUT2D eigenvalue weighted by molar-refractivity contribution is -0.142. The molecule has 18 nitrogen and oxygen atoms in total. The molecule has 18 heteroatoms. The first-order valence-corrected chi connectivity index (χ1v) is 14.1. The van der Waals surface area contributed by atoms with Crippen molar-refractivity contribution in [2.24, 2.45) is 44.4 Å². The van der Waals surface area contributed by atoms with Crippen LogP contribution in [0, 0.1) is 0 Å². The predicted molar refractivity (Wildman–Crippen MR) is 167 cm³/mol. The van der Waals surface area contributed by atoms with Gasteiger partial charge in [0.2, 0.25) is 23.6 Å². The van der Waals surface area contributed by atoms with Crippen molar-refractivity contribution in [1.29, 1.82) is 0 Å². The number of aromatic nitrogens is 1. The maximum absolute atomic E-state index is 13.5. The number of hydrogen-bond acceptors (Lipinski definition) is 8. The first-order chi connectivity index (χ1) is 21.3. The van der Waals surface area contributed by atoms with Crippen molar-refractivity contribution in [2.45, 2.75) is 62.7 Å². The van der Waals surface area contributed by atoms with Crippen LogP contribution in [0.5, 0.6) is 0 Å². The van der Waals surface area contributed by atoms with Crippen LogP contribution in [0.4, 0.5) is 0 Å². The third kappa shape index (κ3) is 12.4. The number of H-pyrrole nitrogens is 1. The zero-order valence-corrected chi connectivity index (χ0v) is 24.7. The first-order valence-electron chi connectivity index (χ1n) is 14.1. The van der Waals surface area contributed by atoms with E-state index in [4.69, 9.17) is 34.4 Å². The third-order valence-electron chi connectivity index (χ3n) is 6.63. The number of para-hydroxylation sites is 1. The van der Waals surface area contributed by atoms with Gasteiger partial charge in [-0.15, -0.1) is 0 Å². The van der Waals surface area contributed by atoms with E-state index in [-0.39, 0.29) is 50.7 Å². The molecule has 2 aromatic rings. The Hall–Kier alpha value is -5.39. The van der Waals surface area contributed by atoms with Gasteiger partial charge in [-0.3, -0.25) is 29.2 Å². The Morgan fingerprint density at radius 3 is 1.93 bits per heavy atom. The van der Waals surface area contributed by atoms with Crippen LogP contribution in [-0.4, -0.2) is 88.9 Å². The number of aliphatic imine (C=N–C) groups is 2. The van der Waals surface area contributed by atoms with Crippen molar-refractivity contribution in [1.82, 2.24) is 20.9 Å². The lowest BCUT2D eigenvalue weighted by Gasteiger charge is -2.25. The molecule has 4 atom stereocenters. The number of nitrogens with two attached hydrogens (primary N) is 6. The van der Waals surface area contributed by atoms with E-state index in [0.717, 1.165) is 10.9 Å². The van der Waals surface area contributed by atoms with Crippen molar-refractivity contribution < 1.29 is 29.1 Å². The van der Waals surface area contributed by atoms with Gasteiger partial charge >= 0.3 is 5.97 Å². The summed E-state index contributed by atoms with van der Waals surface area (Å²) in [6, 6.07) is 2.05. The van der Waals surface area contributed by atoms with Gasteiger partial charge in [-0.1, -0.05) is 18.2 Å². The molecule has 0 aliphatic heterocycles. The summed E-state index contributed by atoms with van der Waals surface area (Å²) in [5.74, 6) is -4.95. The highest BCUT2D eigenvalue weighted by molar-refractivity contribution is 5.96. The third-order valence-corrected chi connectivity index (χ3v) is 6.63. The SMILES string of the molecule is NC(=O)CC(NC(=O)C(N)CCCN=C(N)N)C(=O)NC(Cc1c[nH]c2ccccc12)C(=O)NC(CCCN=C(N)N)C(=O)O. The molecule has 1 heterocycles. The second-order valence-corrected chi connectivity index (χ2v) is 10.3. The largest absolute Gasteiger partial charge is 0.480 e. The minimum atomic E-state index is -1.48. The number of carboxylic acids is 1. The Bertz CT molecular complexity index is 1400. The van der Waals surface area contributed by atoms with Gasteiger partial charge in [0.15, 0.2) is 11.9 Å². The molecule has 0 aliphatic carbocycles. The molecule has 17 N–H and O–H groups in total. The monoisotopic (exact) mass is 630 g/mol. The molecule has 2 rings (SSSR count). The van der Waals surface area contributed by atoms with Gasteiger partial charge in [0.1, 0.15) is 18.1 Å². The lowest BCUT2D eigenvalue weighted by Crippen LogP contribution is -2.58. The maximum atomic E-state index is 13.5. The number of nitrogens with one attached hydrogen (secondary N) is 4. The van der Waals surface area contributed by atoms with Gasteiger partial charge in [0.25, 0.3) is 0 Å². The smallest absolute Gasteiger partial charge is 0.326 e. The molecule has 0 spiro atoms. The summed E-state index contributed by atoms with van der Waals surface area (Å²) in [5.41, 5.74) is 33.9. The molecular weight excluding hydrogens is 588 g/mol. The standard InChI is InChI=1S/C27H42N12O6/c28-16(6-3-9-34-26(30)31)22(41)38-20(12-21(29)40)24(43)39-19(11-14-13-36-17-7-2-1-5-15(14)17)23(42)37-18(25(44)45)8-4-10-35-27(32)33/h1-2,5,7,13,16,18-20,36H,3-4,6,8-12,28H2,(H2,29,40)(H,37,42)(H,38,41)(H,39,43)(H,44,45)(H4,30,31,34)(H4,32,33,35). The molecule has 0 bridgehead atoms. The summed E-state index contributed by atoms with van der Waals surface area (Å²) < 4.78 is 0. The Balaban J connectivity index is 2.25. The average molecular weight is 631 g/mol. The molecule has 45 heavy (non-hydrogen) atoms. The zero-order chi connectivity index (χ0) is 33.5. The van der Waals surface area contributed by atoms with E-state index < -0.39 is 60.2 Å². The highest BCUT2D eigenvalue weighted by atomic mass is 16.4. The number of carbonyl (C=O) groups is 5. The molecule has 4 unspecified atom stereocenters. The number of carboxylic acid groups (broad SMARTS) is 1. The van der Waals surface area contributed by atoms with Crippen LogP contribution in [0.15, 0.2) is 40.4 Å². The fraction of sp³-hybridized carbons (Fsp3) is 0.444. The summed E-state index contributed by atoms with van der Waals surface area (Å²) in [4.78, 5) is 74.0. The Kier molecular flexibility index (Phi) is 14.1. The summed E-state index contributed by atoms with van der Waals surface area (Å²) in [6.45, 7) is 0.368. The molecule has 1 aromatic carbocycles. The van der Waals surface area contributed by atoms with Gasteiger partial charge in [-0.2, -0.15) is 0 Å². The first kappa shape index (κ1) is 35.8. The van der Waals surface area contributed by atoms with Crippen LogP contribution < -0.4 is 50.4 Å². The van der Waals surface area contributed by atoms with Crippen LogP contribution >= 0.6 is 0 Å². The summed E-state index contributed by atoms with van der Waals surface area (Å²) in [6.07, 6.45) is 1.76. The number of hydrogen-bond donors (Lipinski definition) is 11. The lowest BCUT2D eigenvalue weighted by atomic mass is 10.0. The Morgan fingerprint density at radius 1 is 0.778 bits per heavy atom. The van der Waals surface area contributed by atoms with Crippen LogP contribution in [0.25, 0.3) is 10.9 Å². The summed E-state index contributed by atoms with van der Waals surface area (Å²) in [7, 11) is 0. The normalized spacial score (nSPS) is 13.4. The number of primary amides is 1. The number of aromatic amines is 1. The van der Waals surface area contributed by atoms with Gasteiger partial charge in [0, 0.05) is 36.6 Å². The van der Waals surface area contributed by atoms with Crippen LogP contribution in [0.2, 0.25) is 0 Å². The fourth-order valence-electron chi connectivity index (χ4n) is 4.37. The number of fused-ring (bicyclic) bond motifs is 1. The van der Waals surface area contributed by atoms with Crippen LogP contribution in [0.1, 0.15) is 37.7 Å². The summed E-state index contributed by atoms with van der Waals surface area (Å²) in [5, 5.41) is 17.9. The highest BCUT2D eigenvalue weighted by Crippen LogP contribution is 2.19. The minimum Gasteiger partial charge on any atom is -0.480 e. The number of nitrogens with zero attached hydrogens (tertiary/aromatic N) is 2. The van der Waals surface area contributed by atoms with Crippen LogP contribution in [0.3, 0.4) is 0 Å². The molecule has 0 saturated carbocycles. The number of rotatable bonds is 19. The van der Waals surface area contributed by atoms with Gasteiger partial charge in [0.05, 0.1) is 12.5 Å². The van der Waals surface area contributed by atoms with Crippen molar-refractivity contribution in [3.8, 4) is 0 Å². The molecule has 0 fully saturated rings. The van der Waals surface area contributed by atoms with E-state index in [9.17, 15) is 29.1 Å². The Labute approximate surface area is 258 Å². The number of amides is 4. The minimum absolute atomic E-state index is 0.00691. The maximum Gasteiger partial charge on any atom is 0.326 e. The van der Waals surface area contributed by atoms with Gasteiger partial charge < -0.3 is 60.4 Å². The van der Waals surface area contributed by atoms with E-state index >= 15 is 0 Å². The van der Waals surface area contributed by atoms with Gasteiger partial charge in [-0.25, -0.2) is 4.79 Å². The zero-order valence-electron chi connectivity index (χ0n) is 24.7. The van der Waals surface area contributed by atoms with E-state index in [1.165, 1.54) is 0 Å². The second kappa shape index (κ2) is 17.7. The quantitative estimate of drug-likeness (QED) is 0.0412. The number of benzene rings is 1. The molecule has 0 saturated heterocycles. The second-order valence-electron chi connectivity index (χ2n) is 10.3. The van der Waals surface area contributed by atoms with Gasteiger partial charge in [-0.05, 0) is 37.3 Å². The van der Waals surface area contributed by atoms with E-state index in [1.807, 2.05) is 18.2 Å². The molecule has 4 amide bonds. The molecule has 246 valence electrons. The van der Waals surface area contributed by atoms with E-state index in [0.29, 0.717) is 12.0 Å². The molecule has 0 aliphatic rings. The molecule has 0 radical (unpaired) electrons. The highest BCUT2D eigenvalue weighted by Gasteiger charge is 2.31. The number of guanidine groups is 2.